The highest BCUT2D eigenvalue weighted by Crippen LogP contribution is 2.31. The van der Waals surface area contributed by atoms with Gasteiger partial charge < -0.3 is 10.1 Å². The van der Waals surface area contributed by atoms with E-state index in [1.807, 2.05) is 6.92 Å². The van der Waals surface area contributed by atoms with Crippen LogP contribution in [0.4, 0.5) is 0 Å². The first kappa shape index (κ1) is 20.0. The van der Waals surface area contributed by atoms with E-state index in [1.54, 1.807) is 0 Å². The van der Waals surface area contributed by atoms with Crippen LogP contribution in [0.5, 0.6) is 0 Å². The van der Waals surface area contributed by atoms with Gasteiger partial charge in [0, 0.05) is 12.6 Å². The lowest BCUT2D eigenvalue weighted by Gasteiger charge is -2.29. The lowest BCUT2D eigenvalue weighted by molar-refractivity contribution is -0.124. The Bertz CT molecular complexity index is 783. The van der Waals surface area contributed by atoms with Crippen LogP contribution in [0, 0.1) is 0 Å². The van der Waals surface area contributed by atoms with E-state index in [0.717, 1.165) is 44.9 Å². The largest absolute Gasteiger partial charge is 0.452 e. The van der Waals surface area contributed by atoms with E-state index >= 15 is 0 Å². The highest BCUT2D eigenvalue weighted by Gasteiger charge is 2.40. The molecule has 1 heterocycles. The zero-order valence-corrected chi connectivity index (χ0v) is 16.2. The summed E-state index contributed by atoms with van der Waals surface area (Å²) in [6, 6.07) is 4.29. The van der Waals surface area contributed by atoms with Crippen LogP contribution in [-0.2, 0) is 9.53 Å². The highest BCUT2D eigenvalue weighted by atomic mass is 16.5. The van der Waals surface area contributed by atoms with Crippen LogP contribution in [0.15, 0.2) is 18.2 Å². The summed E-state index contributed by atoms with van der Waals surface area (Å²) >= 11 is 0. The zero-order valence-electron chi connectivity index (χ0n) is 16.2. The second-order valence-electron chi connectivity index (χ2n) is 7.31. The Morgan fingerprint density at radius 1 is 1.11 bits per heavy atom. The van der Waals surface area contributed by atoms with Crippen LogP contribution < -0.4 is 5.32 Å². The third-order valence-corrected chi connectivity index (χ3v) is 5.28. The molecule has 1 N–H and O–H groups in total. The molecule has 3 rings (SSSR count). The summed E-state index contributed by atoms with van der Waals surface area (Å²) in [5, 5.41) is 2.67. The van der Waals surface area contributed by atoms with Crippen molar-refractivity contribution in [2.75, 3.05) is 13.2 Å². The van der Waals surface area contributed by atoms with Gasteiger partial charge in [-0.05, 0) is 37.5 Å². The van der Waals surface area contributed by atoms with Crippen molar-refractivity contribution < 1.29 is 23.9 Å². The van der Waals surface area contributed by atoms with Crippen molar-refractivity contribution >= 4 is 23.7 Å². The Hall–Kier alpha value is -2.70. The molecule has 3 amide bonds. The van der Waals surface area contributed by atoms with Crippen LogP contribution in [-0.4, -0.2) is 47.8 Å². The lowest BCUT2D eigenvalue weighted by atomic mass is 9.94. The number of hydrogen-bond donors (Lipinski definition) is 1. The molecule has 0 radical (unpaired) electrons. The molecule has 0 bridgehead atoms. The fourth-order valence-electron chi connectivity index (χ4n) is 3.73. The van der Waals surface area contributed by atoms with E-state index in [2.05, 4.69) is 5.32 Å². The standard InChI is InChI=1S/C21H26N2O5/c1-2-3-11-22-18(24)13-28-21(27)14-9-10-16-17(12-14)20(26)23(19(16)25)15-7-5-4-6-8-15/h9-10,12,15H,2-8,11,13H2,1H3,(H,22,24). The summed E-state index contributed by atoms with van der Waals surface area (Å²) in [7, 11) is 0. The van der Waals surface area contributed by atoms with E-state index in [0.29, 0.717) is 12.1 Å². The number of unbranched alkanes of at least 4 members (excludes halogenated alkanes) is 1. The fourth-order valence-corrected chi connectivity index (χ4v) is 3.73. The van der Waals surface area contributed by atoms with E-state index < -0.39 is 5.97 Å². The molecule has 0 saturated heterocycles. The molecular formula is C21H26N2O5. The molecule has 1 aliphatic carbocycles. The maximum absolute atomic E-state index is 12.8. The molecule has 1 aromatic carbocycles. The van der Waals surface area contributed by atoms with Gasteiger partial charge in [-0.15, -0.1) is 0 Å². The van der Waals surface area contributed by atoms with Crippen molar-refractivity contribution in [3.8, 4) is 0 Å². The average Bonchev–Trinajstić information content (AvgIpc) is 2.97. The third kappa shape index (κ3) is 4.24. The van der Waals surface area contributed by atoms with Crippen molar-refractivity contribution in [3.63, 3.8) is 0 Å². The number of ether oxygens (including phenoxy) is 1. The fraction of sp³-hybridized carbons (Fsp3) is 0.524. The number of benzene rings is 1. The molecule has 0 unspecified atom stereocenters. The number of nitrogens with zero attached hydrogens (tertiary/aromatic N) is 1. The van der Waals surface area contributed by atoms with Crippen LogP contribution in [0.25, 0.3) is 0 Å². The molecule has 150 valence electrons. The van der Waals surface area contributed by atoms with Gasteiger partial charge in [0.2, 0.25) is 0 Å². The number of fused-ring (bicyclic) bond motifs is 1. The van der Waals surface area contributed by atoms with Crippen LogP contribution in [0.2, 0.25) is 0 Å². The first-order chi connectivity index (χ1) is 13.5. The predicted molar refractivity (Wildman–Crippen MR) is 102 cm³/mol. The Balaban J connectivity index is 1.65. The van der Waals surface area contributed by atoms with Gasteiger partial charge in [-0.1, -0.05) is 32.6 Å². The molecule has 7 nitrogen and oxygen atoms in total. The number of nitrogens with one attached hydrogen (secondary N) is 1. The van der Waals surface area contributed by atoms with Gasteiger partial charge in [0.15, 0.2) is 6.61 Å². The molecule has 1 aromatic rings. The van der Waals surface area contributed by atoms with Crippen molar-refractivity contribution in [2.45, 2.75) is 57.9 Å². The predicted octanol–water partition coefficient (Wildman–Crippen LogP) is 2.69. The van der Waals surface area contributed by atoms with E-state index in [-0.39, 0.29) is 41.5 Å². The molecule has 1 fully saturated rings. The topological polar surface area (TPSA) is 92.8 Å². The first-order valence-electron chi connectivity index (χ1n) is 9.98. The minimum atomic E-state index is -0.690. The first-order valence-corrected chi connectivity index (χ1v) is 9.98. The molecule has 0 spiro atoms. The van der Waals surface area contributed by atoms with E-state index in [4.69, 9.17) is 4.74 Å². The second-order valence-corrected chi connectivity index (χ2v) is 7.31. The SMILES string of the molecule is CCCCNC(=O)COC(=O)c1ccc2c(c1)C(=O)N(C1CCCCC1)C2=O. The number of esters is 1. The van der Waals surface area contributed by atoms with Gasteiger partial charge >= 0.3 is 5.97 Å². The molecule has 28 heavy (non-hydrogen) atoms. The normalized spacial score (nSPS) is 16.8. The number of amides is 3. The molecule has 0 atom stereocenters. The second kappa shape index (κ2) is 8.99. The highest BCUT2D eigenvalue weighted by molar-refractivity contribution is 6.22. The van der Waals surface area contributed by atoms with Crippen LogP contribution in [0.1, 0.15) is 82.9 Å². The summed E-state index contributed by atoms with van der Waals surface area (Å²) in [6.45, 7) is 2.18. The maximum atomic E-state index is 12.8. The number of carbonyl (C=O) groups is 4. The summed E-state index contributed by atoms with van der Waals surface area (Å²) in [4.78, 5) is 50.7. The number of carbonyl (C=O) groups excluding carboxylic acids is 4. The number of hydrogen-bond acceptors (Lipinski definition) is 5. The van der Waals surface area contributed by atoms with E-state index in [1.165, 1.54) is 23.1 Å². The number of rotatable bonds is 7. The Morgan fingerprint density at radius 2 is 1.82 bits per heavy atom. The van der Waals surface area contributed by atoms with Crippen molar-refractivity contribution in [3.05, 3.63) is 34.9 Å². The lowest BCUT2D eigenvalue weighted by Crippen LogP contribution is -2.40. The molecule has 1 aliphatic heterocycles. The summed E-state index contributed by atoms with van der Waals surface area (Å²) in [5.74, 6) is -1.69. The molecule has 1 saturated carbocycles. The quantitative estimate of drug-likeness (QED) is 0.442. The van der Waals surface area contributed by atoms with Crippen molar-refractivity contribution in [1.82, 2.24) is 10.2 Å². The van der Waals surface area contributed by atoms with Crippen molar-refractivity contribution in [1.29, 1.82) is 0 Å². The molecule has 7 heteroatoms. The smallest absolute Gasteiger partial charge is 0.338 e. The summed E-state index contributed by atoms with van der Waals surface area (Å²) < 4.78 is 5.02. The molecule has 0 aromatic heterocycles. The monoisotopic (exact) mass is 386 g/mol. The van der Waals surface area contributed by atoms with Crippen LogP contribution >= 0.6 is 0 Å². The zero-order chi connectivity index (χ0) is 20.1. The molecular weight excluding hydrogens is 360 g/mol. The van der Waals surface area contributed by atoms with Gasteiger partial charge in [0.05, 0.1) is 16.7 Å². The van der Waals surface area contributed by atoms with Crippen molar-refractivity contribution in [2.24, 2.45) is 0 Å². The van der Waals surface area contributed by atoms with Gasteiger partial charge in [-0.3, -0.25) is 19.3 Å². The Labute approximate surface area is 164 Å². The average molecular weight is 386 g/mol. The Kier molecular flexibility index (Phi) is 6.44. The minimum Gasteiger partial charge on any atom is -0.452 e. The van der Waals surface area contributed by atoms with Gasteiger partial charge in [-0.25, -0.2) is 4.79 Å². The number of imide groups is 1. The maximum Gasteiger partial charge on any atom is 0.338 e. The van der Waals surface area contributed by atoms with Crippen LogP contribution in [0.3, 0.4) is 0 Å². The van der Waals surface area contributed by atoms with Gasteiger partial charge in [0.1, 0.15) is 0 Å². The Morgan fingerprint density at radius 3 is 2.54 bits per heavy atom. The summed E-state index contributed by atoms with van der Waals surface area (Å²) in [5.41, 5.74) is 0.716. The van der Waals surface area contributed by atoms with E-state index in [9.17, 15) is 19.2 Å². The van der Waals surface area contributed by atoms with Gasteiger partial charge in [-0.2, -0.15) is 0 Å². The molecule has 2 aliphatic rings. The third-order valence-electron chi connectivity index (χ3n) is 5.28. The van der Waals surface area contributed by atoms with Gasteiger partial charge in [0.25, 0.3) is 17.7 Å². The summed E-state index contributed by atoms with van der Waals surface area (Å²) in [6.07, 6.45) is 6.62. The minimum absolute atomic E-state index is 0.0663.